The van der Waals surface area contributed by atoms with E-state index in [-0.39, 0.29) is 29.2 Å². The van der Waals surface area contributed by atoms with Crippen LogP contribution in [-0.2, 0) is 16.1 Å². The van der Waals surface area contributed by atoms with Crippen LogP contribution in [0.15, 0.2) is 29.4 Å². The van der Waals surface area contributed by atoms with Gasteiger partial charge >= 0.3 is 6.09 Å². The number of nitro groups is 1. The zero-order valence-corrected chi connectivity index (χ0v) is 13.6. The molecule has 0 radical (unpaired) electrons. The minimum atomic E-state index is -0.855. The second-order valence-electron chi connectivity index (χ2n) is 5.18. The van der Waals surface area contributed by atoms with Crippen LogP contribution in [0.25, 0.3) is 0 Å². The lowest BCUT2D eigenvalue weighted by molar-refractivity contribution is -0.384. The van der Waals surface area contributed by atoms with Crippen molar-refractivity contribution in [2.75, 3.05) is 6.54 Å². The van der Waals surface area contributed by atoms with Crippen LogP contribution < -0.4 is 0 Å². The molecule has 1 aromatic carbocycles. The van der Waals surface area contributed by atoms with Crippen molar-refractivity contribution in [1.29, 1.82) is 0 Å². The number of benzene rings is 1. The predicted octanol–water partition coefficient (Wildman–Crippen LogP) is 2.68. The highest BCUT2D eigenvalue weighted by Crippen LogP contribution is 2.29. The van der Waals surface area contributed by atoms with E-state index in [9.17, 15) is 24.6 Å². The highest BCUT2D eigenvalue weighted by atomic mass is 32.2. The van der Waals surface area contributed by atoms with Crippen LogP contribution in [0.3, 0.4) is 0 Å². The van der Waals surface area contributed by atoms with E-state index in [1.807, 2.05) is 0 Å². The molecule has 0 aliphatic carbocycles. The van der Waals surface area contributed by atoms with Gasteiger partial charge in [0.15, 0.2) is 11.3 Å². The monoisotopic (exact) mass is 353 g/mol. The number of non-ortho nitro benzene ring substituents is 1. The van der Waals surface area contributed by atoms with Crippen LogP contribution in [0, 0.1) is 15.0 Å². The van der Waals surface area contributed by atoms with Gasteiger partial charge in [0.25, 0.3) is 5.69 Å². The van der Waals surface area contributed by atoms with Crippen LogP contribution >= 0.6 is 11.8 Å². The largest absolute Gasteiger partial charge is 0.444 e. The van der Waals surface area contributed by atoms with Gasteiger partial charge < -0.3 is 4.74 Å². The fourth-order valence-electron chi connectivity index (χ4n) is 2.34. The van der Waals surface area contributed by atoms with E-state index in [0.29, 0.717) is 12.0 Å². The third kappa shape index (κ3) is 4.51. The average molecular weight is 353 g/mol. The Morgan fingerprint density at radius 3 is 2.62 bits per heavy atom. The zero-order chi connectivity index (χ0) is 17.7. The molecule has 0 N–H and O–H groups in total. The van der Waals surface area contributed by atoms with Crippen molar-refractivity contribution >= 4 is 28.7 Å². The molecular formula is C14H15N3O6S. The van der Waals surface area contributed by atoms with Crippen molar-refractivity contribution in [2.45, 2.75) is 31.4 Å². The van der Waals surface area contributed by atoms with Crippen molar-refractivity contribution in [1.82, 2.24) is 4.90 Å². The summed E-state index contributed by atoms with van der Waals surface area (Å²) in [5.41, 5.74) is 0.525. The van der Waals surface area contributed by atoms with Gasteiger partial charge in [0, 0.05) is 37.3 Å². The first-order valence-corrected chi connectivity index (χ1v) is 7.95. The van der Waals surface area contributed by atoms with Crippen molar-refractivity contribution in [3.8, 4) is 0 Å². The Morgan fingerprint density at radius 2 is 2.08 bits per heavy atom. The molecule has 0 saturated carbocycles. The molecule has 0 spiro atoms. The maximum absolute atomic E-state index is 12.1. The van der Waals surface area contributed by atoms with Crippen LogP contribution in [0.4, 0.5) is 10.5 Å². The van der Waals surface area contributed by atoms with Crippen molar-refractivity contribution in [3.05, 3.63) is 44.9 Å². The van der Waals surface area contributed by atoms with Gasteiger partial charge in [0.2, 0.25) is 0 Å². The third-order valence-corrected chi connectivity index (χ3v) is 4.44. The van der Waals surface area contributed by atoms with Gasteiger partial charge in [-0.3, -0.25) is 19.8 Å². The number of hydrogen-bond donors (Lipinski definition) is 0. The molecule has 1 amide bonds. The molecule has 10 heteroatoms. The van der Waals surface area contributed by atoms with Crippen LogP contribution in [0.2, 0.25) is 0 Å². The standard InChI is InChI=1S/C14H15N3O6S/c1-9(18)24-12-6-13(15-20)16(7-12)14(19)23-8-10-2-4-11(5-3-10)17(21)22/h2-5,12-13H,6-8H2,1H3/t12-,13?/m0/s1. The Bertz CT molecular complexity index is 650. The number of thioether (sulfide) groups is 1. The van der Waals surface area contributed by atoms with Crippen molar-refractivity contribution in [3.63, 3.8) is 0 Å². The normalized spacial score (nSPS) is 19.8. The Kier molecular flexibility index (Phi) is 5.85. The van der Waals surface area contributed by atoms with E-state index in [1.54, 1.807) is 0 Å². The van der Waals surface area contributed by atoms with Gasteiger partial charge in [0.1, 0.15) is 6.61 Å². The highest BCUT2D eigenvalue weighted by Gasteiger charge is 2.38. The summed E-state index contributed by atoms with van der Waals surface area (Å²) in [7, 11) is 0. The van der Waals surface area contributed by atoms with Gasteiger partial charge in [-0.1, -0.05) is 11.8 Å². The molecule has 1 unspecified atom stereocenters. The molecule has 1 aliphatic rings. The number of nitro benzene ring substituents is 1. The molecule has 24 heavy (non-hydrogen) atoms. The average Bonchev–Trinajstić information content (AvgIpc) is 2.95. The number of carbonyl (C=O) groups is 2. The van der Waals surface area contributed by atoms with Crippen molar-refractivity contribution < 1.29 is 19.2 Å². The first-order valence-electron chi connectivity index (χ1n) is 7.07. The molecule has 0 bridgehead atoms. The van der Waals surface area contributed by atoms with Crippen LogP contribution in [-0.4, -0.2) is 39.0 Å². The van der Waals surface area contributed by atoms with E-state index in [4.69, 9.17) is 4.74 Å². The number of nitroso groups, excluding NO2 is 1. The van der Waals surface area contributed by atoms with Gasteiger partial charge in [-0.05, 0) is 22.9 Å². The number of hydrogen-bond acceptors (Lipinski definition) is 8. The molecule has 1 heterocycles. The molecule has 1 saturated heterocycles. The topological polar surface area (TPSA) is 119 Å². The van der Waals surface area contributed by atoms with Gasteiger partial charge in [-0.2, -0.15) is 0 Å². The van der Waals surface area contributed by atoms with E-state index in [1.165, 1.54) is 36.1 Å². The second kappa shape index (κ2) is 7.86. The molecule has 0 aromatic heterocycles. The Hall–Kier alpha value is -2.49. The van der Waals surface area contributed by atoms with Crippen LogP contribution in [0.1, 0.15) is 18.9 Å². The lowest BCUT2D eigenvalue weighted by atomic mass is 10.2. The number of likely N-dealkylation sites (tertiary alicyclic amines) is 1. The van der Waals surface area contributed by atoms with E-state index < -0.39 is 17.2 Å². The van der Waals surface area contributed by atoms with E-state index in [2.05, 4.69) is 5.18 Å². The van der Waals surface area contributed by atoms with Crippen LogP contribution in [0.5, 0.6) is 0 Å². The summed E-state index contributed by atoms with van der Waals surface area (Å²) in [5, 5.41) is 13.2. The van der Waals surface area contributed by atoms with Gasteiger partial charge in [0.05, 0.1) is 4.92 Å². The molecule has 1 aromatic rings. The maximum atomic E-state index is 12.1. The minimum absolute atomic E-state index is 0.0565. The molecule has 2 rings (SSSR count). The first-order chi connectivity index (χ1) is 11.4. The smallest absolute Gasteiger partial charge is 0.411 e. The Labute approximate surface area is 141 Å². The highest BCUT2D eigenvalue weighted by molar-refractivity contribution is 8.14. The lowest BCUT2D eigenvalue weighted by Gasteiger charge is -2.18. The molecule has 128 valence electrons. The number of rotatable bonds is 5. The lowest BCUT2D eigenvalue weighted by Crippen LogP contribution is -2.35. The summed E-state index contributed by atoms with van der Waals surface area (Å²) in [6.45, 7) is 1.55. The maximum Gasteiger partial charge on any atom is 0.411 e. The van der Waals surface area contributed by atoms with Gasteiger partial charge in [-0.15, -0.1) is 4.91 Å². The second-order valence-corrected chi connectivity index (χ2v) is 6.66. The summed E-state index contributed by atoms with van der Waals surface area (Å²) in [5.74, 6) is 0. The number of ether oxygens (including phenoxy) is 1. The third-order valence-electron chi connectivity index (χ3n) is 3.43. The SMILES string of the molecule is CC(=O)S[C@H]1CC(N=O)N(C(=O)OCc2ccc([N+](=O)[O-])cc2)C1. The van der Waals surface area contributed by atoms with Gasteiger partial charge in [-0.25, -0.2) is 4.79 Å². The molecule has 2 atom stereocenters. The number of carbonyl (C=O) groups excluding carboxylic acids is 2. The Morgan fingerprint density at radius 1 is 1.42 bits per heavy atom. The predicted molar refractivity (Wildman–Crippen MR) is 86.2 cm³/mol. The first kappa shape index (κ1) is 17.9. The zero-order valence-electron chi connectivity index (χ0n) is 12.8. The summed E-state index contributed by atoms with van der Waals surface area (Å²) < 4.78 is 5.12. The number of amides is 1. The summed E-state index contributed by atoms with van der Waals surface area (Å²) in [6, 6.07) is 5.60. The fraction of sp³-hybridized carbons (Fsp3) is 0.429. The summed E-state index contributed by atoms with van der Waals surface area (Å²) in [6.07, 6.45) is -1.25. The quantitative estimate of drug-likeness (QED) is 0.453. The molecule has 1 aliphatic heterocycles. The van der Waals surface area contributed by atoms with Crippen molar-refractivity contribution in [2.24, 2.45) is 5.18 Å². The summed E-state index contributed by atoms with van der Waals surface area (Å²) >= 11 is 1.07. The van der Waals surface area contributed by atoms with E-state index >= 15 is 0 Å². The minimum Gasteiger partial charge on any atom is -0.444 e. The summed E-state index contributed by atoms with van der Waals surface area (Å²) in [4.78, 5) is 45.3. The fourth-order valence-corrected chi connectivity index (χ4v) is 3.31. The Balaban J connectivity index is 1.92. The van der Waals surface area contributed by atoms with E-state index in [0.717, 1.165) is 11.8 Å². The molecule has 1 fully saturated rings. The molecular weight excluding hydrogens is 338 g/mol. The number of nitrogens with zero attached hydrogens (tertiary/aromatic N) is 3. The molecule has 9 nitrogen and oxygen atoms in total.